The Morgan fingerprint density at radius 3 is 1.57 bits per heavy atom. The second-order valence-electron chi connectivity index (χ2n) is 15.3. The van der Waals surface area contributed by atoms with Crippen molar-refractivity contribution < 1.29 is 38.7 Å². The second-order valence-corrected chi connectivity index (χ2v) is 16.1. The number of pyridine rings is 2. The number of aryl methyl sites for hydroxylation is 1. The largest absolute Gasteiger partial charge is 0.481 e. The molecule has 0 radical (unpaired) electrons. The van der Waals surface area contributed by atoms with Gasteiger partial charge in [0.1, 0.15) is 36.5 Å². The fourth-order valence-electron chi connectivity index (χ4n) is 7.11. The molecule has 0 aliphatic carbocycles. The highest BCUT2D eigenvalue weighted by molar-refractivity contribution is 6.32. The van der Waals surface area contributed by atoms with Gasteiger partial charge in [0.2, 0.25) is 23.5 Å². The fraction of sp³-hybridized carbons (Fsp3) is 0.216. The van der Waals surface area contributed by atoms with Crippen LogP contribution in [0.3, 0.4) is 0 Å². The summed E-state index contributed by atoms with van der Waals surface area (Å²) in [5.41, 5.74) is 8.79. The number of carboxylic acid groups (broad SMARTS) is 2. The third kappa shape index (κ3) is 13.0. The van der Waals surface area contributed by atoms with E-state index in [1.54, 1.807) is 36.4 Å². The van der Waals surface area contributed by atoms with Crippen LogP contribution in [-0.2, 0) is 49.0 Å². The standard InChI is InChI=1S/C51H41Cl2N7O8/c1-30-37(28-67-50-44(52)20-36(8-7-13-46(61)62)48(59-50)65-26-34-14-32(22-54)16-40(18-34)56-3)9-5-11-42(30)43-12-6-10-38(31(43)2)29-68-51-45(53)21-39(24-58-25-47(63)64)49(60-51)66-27-35-15-33(23-55)17-41(19-35)57-4/h5-6,9-12,14-21,58H,7-8,13,24-29H2,1-2H3,(H,61,62)(H,63,64). The molecule has 6 aromatic rings. The van der Waals surface area contributed by atoms with E-state index in [9.17, 15) is 30.3 Å². The van der Waals surface area contributed by atoms with Crippen LogP contribution < -0.4 is 24.3 Å². The lowest BCUT2D eigenvalue weighted by atomic mass is 9.92. The Labute approximate surface area is 402 Å². The van der Waals surface area contributed by atoms with Crippen molar-refractivity contribution in [2.75, 3.05) is 6.54 Å². The summed E-state index contributed by atoms with van der Waals surface area (Å²) in [5.74, 6) is -1.50. The molecule has 0 saturated heterocycles. The lowest BCUT2D eigenvalue weighted by molar-refractivity contribution is -0.137. The van der Waals surface area contributed by atoms with Crippen molar-refractivity contribution in [2.24, 2.45) is 0 Å². The zero-order chi connectivity index (χ0) is 48.7. The van der Waals surface area contributed by atoms with E-state index in [0.29, 0.717) is 46.2 Å². The summed E-state index contributed by atoms with van der Waals surface area (Å²) >= 11 is 13.4. The van der Waals surface area contributed by atoms with Gasteiger partial charge in [-0.1, -0.05) is 59.6 Å². The number of nitriles is 2. The fourth-order valence-corrected chi connectivity index (χ4v) is 7.57. The van der Waals surface area contributed by atoms with Gasteiger partial charge >= 0.3 is 11.9 Å². The topological polar surface area (TPSA) is 206 Å². The van der Waals surface area contributed by atoms with Crippen molar-refractivity contribution in [2.45, 2.75) is 66.1 Å². The molecule has 0 bridgehead atoms. The molecule has 15 nitrogen and oxygen atoms in total. The SMILES string of the molecule is [C-]#[N+]c1cc(C#N)cc(COc2nc(OCc3cccc(-c4cccc(COc5nc(OCc6cc(C#N)cc([N+]#[C-])c6)c(CNCC(=O)O)cc5Cl)c4C)c3C)c(Cl)cc2CCCC(=O)O)c1. The van der Waals surface area contributed by atoms with Crippen LogP contribution in [0.25, 0.3) is 20.8 Å². The van der Waals surface area contributed by atoms with E-state index in [2.05, 4.69) is 31.0 Å². The van der Waals surface area contributed by atoms with Crippen LogP contribution in [-0.4, -0.2) is 38.7 Å². The monoisotopic (exact) mass is 949 g/mol. The number of halogens is 2. The van der Waals surface area contributed by atoms with Crippen LogP contribution in [0, 0.1) is 49.7 Å². The van der Waals surface area contributed by atoms with Gasteiger partial charge in [0.25, 0.3) is 0 Å². The maximum atomic E-state index is 11.3. The average molecular weight is 951 g/mol. The highest BCUT2D eigenvalue weighted by Crippen LogP contribution is 2.35. The summed E-state index contributed by atoms with van der Waals surface area (Å²) in [4.78, 5) is 38.5. The Hall–Kier alpha value is -8.18. The Balaban J connectivity index is 1.20. The molecule has 2 heterocycles. The second kappa shape index (κ2) is 23.3. The van der Waals surface area contributed by atoms with Crippen LogP contribution in [0.1, 0.15) is 68.5 Å². The van der Waals surface area contributed by atoms with Gasteiger partial charge in [-0.3, -0.25) is 9.59 Å². The molecule has 0 saturated carbocycles. The predicted octanol–water partition coefficient (Wildman–Crippen LogP) is 10.8. The van der Waals surface area contributed by atoms with E-state index in [1.165, 1.54) is 12.1 Å². The van der Waals surface area contributed by atoms with Crippen LogP contribution in [0.15, 0.2) is 84.9 Å². The van der Waals surface area contributed by atoms with E-state index in [4.69, 9.17) is 55.3 Å². The third-order valence-corrected chi connectivity index (χ3v) is 11.1. The molecule has 0 atom stereocenters. The average Bonchev–Trinajstić information content (AvgIpc) is 3.33. The summed E-state index contributed by atoms with van der Waals surface area (Å²) in [5, 5.41) is 40.5. The number of hydrogen-bond acceptors (Lipinski definition) is 11. The highest BCUT2D eigenvalue weighted by Gasteiger charge is 2.19. The zero-order valence-electron chi connectivity index (χ0n) is 36.7. The van der Waals surface area contributed by atoms with Crippen molar-refractivity contribution in [1.82, 2.24) is 15.3 Å². The normalized spacial score (nSPS) is 10.5. The molecule has 4 aromatic carbocycles. The number of rotatable bonds is 21. The van der Waals surface area contributed by atoms with Crippen molar-refractivity contribution in [1.29, 1.82) is 10.5 Å². The van der Waals surface area contributed by atoms with Gasteiger partial charge in [0.15, 0.2) is 11.4 Å². The van der Waals surface area contributed by atoms with Gasteiger partial charge < -0.3 is 34.5 Å². The first-order valence-corrected chi connectivity index (χ1v) is 21.6. The van der Waals surface area contributed by atoms with Gasteiger partial charge in [0, 0.05) is 35.2 Å². The van der Waals surface area contributed by atoms with Crippen LogP contribution in [0.5, 0.6) is 23.5 Å². The molecule has 68 heavy (non-hydrogen) atoms. The number of benzene rings is 4. The molecule has 0 amide bonds. The number of aliphatic carboxylic acids is 2. The van der Waals surface area contributed by atoms with Gasteiger partial charge in [-0.15, -0.1) is 0 Å². The number of hydrogen-bond donors (Lipinski definition) is 3. The molecule has 3 N–H and O–H groups in total. The van der Waals surface area contributed by atoms with Gasteiger partial charge in [-0.2, -0.15) is 20.5 Å². The molecular formula is C51H41Cl2N7O8. The molecule has 17 heteroatoms. The third-order valence-electron chi connectivity index (χ3n) is 10.5. The number of nitrogens with one attached hydrogen (secondary N) is 1. The van der Waals surface area contributed by atoms with Gasteiger partial charge in [-0.25, -0.2) is 9.69 Å². The first-order valence-electron chi connectivity index (χ1n) is 20.8. The summed E-state index contributed by atoms with van der Waals surface area (Å²) in [6.45, 7) is 18.6. The van der Waals surface area contributed by atoms with Crippen LogP contribution in [0.4, 0.5) is 11.4 Å². The zero-order valence-corrected chi connectivity index (χ0v) is 38.2. The van der Waals surface area contributed by atoms with Crippen molar-refractivity contribution in [3.8, 4) is 46.8 Å². The maximum Gasteiger partial charge on any atom is 0.317 e. The van der Waals surface area contributed by atoms with E-state index in [-0.39, 0.29) is 90.9 Å². The van der Waals surface area contributed by atoms with E-state index in [1.807, 2.05) is 56.3 Å². The van der Waals surface area contributed by atoms with Crippen molar-refractivity contribution in [3.05, 3.63) is 173 Å². The smallest absolute Gasteiger partial charge is 0.317 e. The molecule has 0 aliphatic rings. The number of nitrogens with zero attached hydrogens (tertiary/aromatic N) is 6. The summed E-state index contributed by atoms with van der Waals surface area (Å²) in [7, 11) is 0. The Morgan fingerprint density at radius 1 is 0.647 bits per heavy atom. The van der Waals surface area contributed by atoms with E-state index >= 15 is 0 Å². The summed E-state index contributed by atoms with van der Waals surface area (Å²) in [6, 6.07) is 28.4. The number of ether oxygens (including phenoxy) is 4. The van der Waals surface area contributed by atoms with Gasteiger partial charge in [-0.05, 0) is 120 Å². The lowest BCUT2D eigenvalue weighted by Crippen LogP contribution is -2.22. The Kier molecular flexibility index (Phi) is 16.9. The highest BCUT2D eigenvalue weighted by atomic mass is 35.5. The van der Waals surface area contributed by atoms with E-state index < -0.39 is 11.9 Å². The molecule has 2 aromatic heterocycles. The number of aromatic nitrogens is 2. The van der Waals surface area contributed by atoms with Crippen LogP contribution in [0.2, 0.25) is 10.0 Å². The van der Waals surface area contributed by atoms with Crippen LogP contribution >= 0.6 is 23.2 Å². The predicted molar refractivity (Wildman–Crippen MR) is 252 cm³/mol. The minimum Gasteiger partial charge on any atom is -0.481 e. The van der Waals surface area contributed by atoms with Gasteiger partial charge in [0.05, 0.1) is 31.8 Å². The lowest BCUT2D eigenvalue weighted by Gasteiger charge is -2.18. The molecule has 0 aliphatic heterocycles. The molecule has 0 fully saturated rings. The molecule has 6 rings (SSSR count). The minimum absolute atomic E-state index is 0.0193. The molecular weight excluding hydrogens is 910 g/mol. The summed E-state index contributed by atoms with van der Waals surface area (Å²) < 4.78 is 24.6. The first-order chi connectivity index (χ1) is 32.8. The van der Waals surface area contributed by atoms with Crippen molar-refractivity contribution in [3.63, 3.8) is 0 Å². The quantitative estimate of drug-likeness (QED) is 0.0575. The number of carbonyl (C=O) groups is 2. The summed E-state index contributed by atoms with van der Waals surface area (Å²) in [6.07, 6.45) is 0.559. The molecule has 0 spiro atoms. The van der Waals surface area contributed by atoms with E-state index in [0.717, 1.165) is 33.4 Å². The molecule has 342 valence electrons. The first kappa shape index (κ1) is 49.3. The maximum absolute atomic E-state index is 11.3. The van der Waals surface area contributed by atoms with Crippen molar-refractivity contribution >= 4 is 46.5 Å². The molecule has 0 unspecified atom stereocenters. The Bertz CT molecular complexity index is 2790. The number of carboxylic acids is 2. The minimum atomic E-state index is -1.05. The Morgan fingerprint density at radius 2 is 1.12 bits per heavy atom.